The van der Waals surface area contributed by atoms with Crippen LogP contribution in [0.4, 0.5) is 0 Å². The molecule has 1 aromatic heterocycles. The van der Waals surface area contributed by atoms with Crippen molar-refractivity contribution in [3.05, 3.63) is 22.8 Å². The van der Waals surface area contributed by atoms with Crippen molar-refractivity contribution in [2.45, 2.75) is 45.3 Å². The van der Waals surface area contributed by atoms with Crippen LogP contribution in [-0.2, 0) is 11.2 Å². The third-order valence-electron chi connectivity index (χ3n) is 3.18. The summed E-state index contributed by atoms with van der Waals surface area (Å²) >= 11 is 0. The predicted molar refractivity (Wildman–Crippen MR) is 52.1 cm³/mol. The van der Waals surface area contributed by atoms with Crippen LogP contribution in [0.3, 0.4) is 0 Å². The molecule has 2 bridgehead atoms. The molecule has 1 fully saturated rings. The van der Waals surface area contributed by atoms with Crippen LogP contribution in [0.25, 0.3) is 0 Å². The molecule has 0 saturated carbocycles. The summed E-state index contributed by atoms with van der Waals surface area (Å²) in [5.74, 6) is 0.891. The molecular formula is C11H14N2O. The molecular weight excluding hydrogens is 176 g/mol. The van der Waals surface area contributed by atoms with Crippen LogP contribution in [0.5, 0.6) is 0 Å². The van der Waals surface area contributed by atoms with E-state index in [9.17, 15) is 0 Å². The highest BCUT2D eigenvalue weighted by Gasteiger charge is 2.35. The average Bonchev–Trinajstić information content (AvgIpc) is 2.46. The van der Waals surface area contributed by atoms with Gasteiger partial charge in [0.1, 0.15) is 5.82 Å². The van der Waals surface area contributed by atoms with Crippen LogP contribution in [-0.4, -0.2) is 16.1 Å². The predicted octanol–water partition coefficient (Wildman–Crippen LogP) is 1.87. The standard InChI is InChI=1S/C11H14N2O/c1-6-11-9(13-7(2)12-6)5-8-3-4-10(11)14-8/h8,10H,3-5H2,1-2H3. The van der Waals surface area contributed by atoms with Gasteiger partial charge in [-0.1, -0.05) is 0 Å². The Balaban J connectivity index is 2.18. The first-order chi connectivity index (χ1) is 6.74. The number of aryl methyl sites for hydroxylation is 2. The van der Waals surface area contributed by atoms with E-state index in [4.69, 9.17) is 4.74 Å². The van der Waals surface area contributed by atoms with E-state index in [1.807, 2.05) is 6.92 Å². The number of hydrogen-bond donors (Lipinski definition) is 0. The van der Waals surface area contributed by atoms with E-state index in [0.29, 0.717) is 6.10 Å². The second kappa shape index (κ2) is 2.76. The van der Waals surface area contributed by atoms with Gasteiger partial charge < -0.3 is 4.74 Å². The van der Waals surface area contributed by atoms with Gasteiger partial charge in [-0.2, -0.15) is 0 Å². The zero-order chi connectivity index (χ0) is 9.71. The van der Waals surface area contributed by atoms with Crippen molar-refractivity contribution < 1.29 is 4.74 Å². The summed E-state index contributed by atoms with van der Waals surface area (Å²) in [6.07, 6.45) is 4.01. The summed E-state index contributed by atoms with van der Waals surface area (Å²) in [4.78, 5) is 8.94. The summed E-state index contributed by atoms with van der Waals surface area (Å²) in [6, 6.07) is 0. The summed E-state index contributed by atoms with van der Waals surface area (Å²) in [5, 5.41) is 0. The minimum atomic E-state index is 0.282. The second-order valence-corrected chi connectivity index (χ2v) is 4.24. The molecule has 3 nitrogen and oxygen atoms in total. The lowest BCUT2D eigenvalue weighted by Gasteiger charge is -2.24. The van der Waals surface area contributed by atoms with Crippen molar-refractivity contribution in [1.29, 1.82) is 0 Å². The van der Waals surface area contributed by atoms with Crippen LogP contribution < -0.4 is 0 Å². The first kappa shape index (κ1) is 8.36. The molecule has 3 rings (SSSR count). The molecule has 74 valence electrons. The van der Waals surface area contributed by atoms with E-state index >= 15 is 0 Å². The number of rotatable bonds is 0. The smallest absolute Gasteiger partial charge is 0.125 e. The Morgan fingerprint density at radius 3 is 2.93 bits per heavy atom. The second-order valence-electron chi connectivity index (χ2n) is 4.24. The van der Waals surface area contributed by atoms with Crippen LogP contribution in [0.15, 0.2) is 0 Å². The van der Waals surface area contributed by atoms with Gasteiger partial charge >= 0.3 is 0 Å². The molecule has 3 heterocycles. The van der Waals surface area contributed by atoms with Gasteiger partial charge in [0, 0.05) is 17.7 Å². The fraction of sp³-hybridized carbons (Fsp3) is 0.636. The molecule has 2 aliphatic rings. The molecule has 14 heavy (non-hydrogen) atoms. The molecule has 2 atom stereocenters. The molecule has 0 N–H and O–H groups in total. The summed E-state index contributed by atoms with van der Waals surface area (Å²) < 4.78 is 5.86. The lowest BCUT2D eigenvalue weighted by molar-refractivity contribution is 0.0302. The largest absolute Gasteiger partial charge is 0.370 e. The fourth-order valence-electron chi connectivity index (χ4n) is 2.65. The number of hydrogen-bond acceptors (Lipinski definition) is 3. The maximum atomic E-state index is 5.86. The normalized spacial score (nSPS) is 29.0. The molecule has 0 aromatic carbocycles. The van der Waals surface area contributed by atoms with E-state index in [1.54, 1.807) is 0 Å². The van der Waals surface area contributed by atoms with Gasteiger partial charge in [0.25, 0.3) is 0 Å². The van der Waals surface area contributed by atoms with Gasteiger partial charge in [0.2, 0.25) is 0 Å². The van der Waals surface area contributed by atoms with Gasteiger partial charge in [0.15, 0.2) is 0 Å². The van der Waals surface area contributed by atoms with Gasteiger partial charge in [-0.05, 0) is 26.7 Å². The van der Waals surface area contributed by atoms with Crippen molar-refractivity contribution in [3.63, 3.8) is 0 Å². The zero-order valence-corrected chi connectivity index (χ0v) is 8.58. The highest BCUT2D eigenvalue weighted by atomic mass is 16.5. The Bertz CT molecular complexity index is 389. The topological polar surface area (TPSA) is 35.0 Å². The first-order valence-electron chi connectivity index (χ1n) is 5.23. The Labute approximate surface area is 83.5 Å². The van der Waals surface area contributed by atoms with Crippen molar-refractivity contribution in [2.75, 3.05) is 0 Å². The minimum absolute atomic E-state index is 0.282. The molecule has 3 heteroatoms. The van der Waals surface area contributed by atoms with E-state index in [1.165, 1.54) is 17.7 Å². The number of ether oxygens (including phenoxy) is 1. The molecule has 0 aliphatic carbocycles. The zero-order valence-electron chi connectivity index (χ0n) is 8.58. The van der Waals surface area contributed by atoms with Gasteiger partial charge in [-0.25, -0.2) is 9.97 Å². The van der Waals surface area contributed by atoms with Crippen LogP contribution >= 0.6 is 0 Å². The molecule has 0 radical (unpaired) electrons. The Hall–Kier alpha value is -0.960. The van der Waals surface area contributed by atoms with E-state index in [0.717, 1.165) is 24.4 Å². The summed E-state index contributed by atoms with van der Waals surface area (Å²) in [6.45, 7) is 4.03. The highest BCUT2D eigenvalue weighted by molar-refractivity contribution is 5.31. The fourth-order valence-corrected chi connectivity index (χ4v) is 2.65. The van der Waals surface area contributed by atoms with Crippen molar-refractivity contribution in [3.8, 4) is 0 Å². The van der Waals surface area contributed by atoms with Crippen LogP contribution in [0.1, 0.15) is 41.7 Å². The van der Waals surface area contributed by atoms with Crippen molar-refractivity contribution in [1.82, 2.24) is 9.97 Å². The average molecular weight is 190 g/mol. The van der Waals surface area contributed by atoms with Crippen LogP contribution in [0.2, 0.25) is 0 Å². The van der Waals surface area contributed by atoms with Gasteiger partial charge in [-0.15, -0.1) is 0 Å². The maximum absolute atomic E-state index is 5.86. The highest BCUT2D eigenvalue weighted by Crippen LogP contribution is 2.41. The van der Waals surface area contributed by atoms with Gasteiger partial charge in [0.05, 0.1) is 17.9 Å². The van der Waals surface area contributed by atoms with E-state index < -0.39 is 0 Å². The molecule has 2 aliphatic heterocycles. The molecule has 0 amide bonds. The molecule has 2 unspecified atom stereocenters. The lowest BCUT2D eigenvalue weighted by atomic mass is 10.0. The number of nitrogens with zero attached hydrogens (tertiary/aromatic N) is 2. The molecule has 1 saturated heterocycles. The third kappa shape index (κ3) is 1.08. The lowest BCUT2D eigenvalue weighted by Crippen LogP contribution is -2.21. The Morgan fingerprint density at radius 2 is 2.07 bits per heavy atom. The molecule has 0 spiro atoms. The van der Waals surface area contributed by atoms with E-state index in [-0.39, 0.29) is 6.10 Å². The quantitative estimate of drug-likeness (QED) is 0.626. The summed E-state index contributed by atoms with van der Waals surface area (Å²) in [5.41, 5.74) is 3.61. The Morgan fingerprint density at radius 1 is 1.21 bits per heavy atom. The van der Waals surface area contributed by atoms with Crippen LogP contribution in [0, 0.1) is 13.8 Å². The Kier molecular flexibility index (Phi) is 1.65. The van der Waals surface area contributed by atoms with Gasteiger partial charge in [-0.3, -0.25) is 0 Å². The SMILES string of the molecule is Cc1nc(C)c2c(n1)CC1CCC2O1. The molecule has 1 aromatic rings. The number of aromatic nitrogens is 2. The number of fused-ring (bicyclic) bond motifs is 4. The summed E-state index contributed by atoms with van der Waals surface area (Å²) in [7, 11) is 0. The monoisotopic (exact) mass is 190 g/mol. The third-order valence-corrected chi connectivity index (χ3v) is 3.18. The maximum Gasteiger partial charge on any atom is 0.125 e. The van der Waals surface area contributed by atoms with Crippen molar-refractivity contribution >= 4 is 0 Å². The first-order valence-corrected chi connectivity index (χ1v) is 5.23. The minimum Gasteiger partial charge on any atom is -0.370 e. The van der Waals surface area contributed by atoms with E-state index in [2.05, 4.69) is 16.9 Å². The van der Waals surface area contributed by atoms with Crippen molar-refractivity contribution in [2.24, 2.45) is 0 Å².